The number of amides is 1. The van der Waals surface area contributed by atoms with Crippen LogP contribution in [0.25, 0.3) is 0 Å². The zero-order valence-electron chi connectivity index (χ0n) is 26.6. The number of halogens is 5. The van der Waals surface area contributed by atoms with E-state index in [0.29, 0.717) is 55.2 Å². The van der Waals surface area contributed by atoms with E-state index in [4.69, 9.17) is 36.8 Å². The minimum atomic E-state index is -4.67. The summed E-state index contributed by atoms with van der Waals surface area (Å²) < 4.78 is 70.6. The van der Waals surface area contributed by atoms with Gasteiger partial charge in [-0.25, -0.2) is 9.37 Å². The molecule has 3 aromatic heterocycles. The SMILES string of the molecule is CN(C)C(=O)c1nn2c(c1Cl)CN(c1nc(OC[C@@]34CCCN3C[C@H](F)C4)nc3c1COC(c1nc(N)ccc1C(F)(F)F)C3)CCC2. The number of ether oxygens (including phenoxy) is 2. The van der Waals surface area contributed by atoms with Crippen molar-refractivity contribution in [3.63, 3.8) is 0 Å². The van der Waals surface area contributed by atoms with Crippen LogP contribution in [-0.4, -0.2) is 92.5 Å². The largest absolute Gasteiger partial charge is 0.461 e. The fourth-order valence-electron chi connectivity index (χ4n) is 7.37. The molecular weight excluding hydrogens is 658 g/mol. The number of nitrogens with zero attached hydrogens (tertiary/aromatic N) is 8. The van der Waals surface area contributed by atoms with Crippen molar-refractivity contribution in [2.24, 2.45) is 0 Å². The maximum atomic E-state index is 14.5. The number of carbonyl (C=O) groups excluding carboxylic acids is 1. The highest BCUT2D eigenvalue weighted by Crippen LogP contribution is 2.43. The van der Waals surface area contributed by atoms with E-state index in [2.05, 4.69) is 15.0 Å². The number of rotatable bonds is 6. The summed E-state index contributed by atoms with van der Waals surface area (Å²) in [4.78, 5) is 31.8. The highest BCUT2D eigenvalue weighted by atomic mass is 35.5. The smallest absolute Gasteiger partial charge is 0.418 e. The number of fused-ring (bicyclic) bond motifs is 3. The molecule has 0 aromatic carbocycles. The van der Waals surface area contributed by atoms with Crippen molar-refractivity contribution >= 4 is 29.1 Å². The molecule has 48 heavy (non-hydrogen) atoms. The Bertz CT molecular complexity index is 1740. The molecule has 0 bridgehead atoms. The number of hydrogen-bond donors (Lipinski definition) is 1. The van der Waals surface area contributed by atoms with Crippen LogP contribution in [0.5, 0.6) is 6.01 Å². The van der Waals surface area contributed by atoms with Gasteiger partial charge < -0.3 is 25.0 Å². The van der Waals surface area contributed by atoms with Gasteiger partial charge in [-0.1, -0.05) is 11.6 Å². The second-order valence-corrected chi connectivity index (χ2v) is 13.5. The predicted molar refractivity (Wildman–Crippen MR) is 166 cm³/mol. The van der Waals surface area contributed by atoms with Gasteiger partial charge in [-0.3, -0.25) is 14.4 Å². The monoisotopic (exact) mass is 693 g/mol. The number of nitrogen functional groups attached to an aromatic ring is 1. The Labute approximate surface area is 279 Å². The molecule has 0 aliphatic carbocycles. The number of carbonyl (C=O) groups is 1. The van der Waals surface area contributed by atoms with E-state index in [-0.39, 0.29) is 60.3 Å². The third kappa shape index (κ3) is 5.91. The molecule has 17 heteroatoms. The summed E-state index contributed by atoms with van der Waals surface area (Å²) in [5.41, 5.74) is 5.92. The highest BCUT2D eigenvalue weighted by molar-refractivity contribution is 6.34. The van der Waals surface area contributed by atoms with Gasteiger partial charge in [0, 0.05) is 52.1 Å². The van der Waals surface area contributed by atoms with Crippen LogP contribution < -0.4 is 15.4 Å². The van der Waals surface area contributed by atoms with Gasteiger partial charge in [0.2, 0.25) is 0 Å². The fourth-order valence-corrected chi connectivity index (χ4v) is 7.64. The lowest BCUT2D eigenvalue weighted by molar-refractivity contribution is -0.140. The van der Waals surface area contributed by atoms with Crippen LogP contribution in [-0.2, 0) is 37.0 Å². The minimum absolute atomic E-state index is 0.0387. The summed E-state index contributed by atoms with van der Waals surface area (Å²) in [7, 11) is 3.25. The summed E-state index contributed by atoms with van der Waals surface area (Å²) in [6, 6.07) is 2.05. The summed E-state index contributed by atoms with van der Waals surface area (Å²) in [5.74, 6) is 0.0951. The third-order valence-electron chi connectivity index (χ3n) is 9.69. The molecule has 258 valence electrons. The van der Waals surface area contributed by atoms with Crippen molar-refractivity contribution in [3.8, 4) is 6.01 Å². The lowest BCUT2D eigenvalue weighted by Crippen LogP contribution is -2.43. The molecule has 7 rings (SSSR count). The summed E-state index contributed by atoms with van der Waals surface area (Å²) >= 11 is 6.73. The minimum Gasteiger partial charge on any atom is -0.461 e. The van der Waals surface area contributed by atoms with Crippen molar-refractivity contribution in [2.45, 2.75) is 75.8 Å². The Balaban J connectivity index is 1.26. The van der Waals surface area contributed by atoms with E-state index in [1.54, 1.807) is 18.8 Å². The molecule has 0 saturated carbocycles. The van der Waals surface area contributed by atoms with Gasteiger partial charge in [0.15, 0.2) is 5.69 Å². The second kappa shape index (κ2) is 12.3. The van der Waals surface area contributed by atoms with Crippen LogP contribution in [0.2, 0.25) is 5.02 Å². The van der Waals surface area contributed by atoms with Gasteiger partial charge in [-0.05, 0) is 37.9 Å². The van der Waals surface area contributed by atoms with Crippen LogP contribution in [0.4, 0.5) is 29.2 Å². The lowest BCUT2D eigenvalue weighted by Gasteiger charge is -2.32. The first-order valence-corrected chi connectivity index (χ1v) is 16.3. The Morgan fingerprint density at radius 2 is 2.00 bits per heavy atom. The standard InChI is InChI=1S/C31H36ClF4N9O3/c1-42(2)28(46)26-24(32)21-14-43(8-4-10-45(21)41-26)27-18-15-47-22(25-19(31(34,35)36)5-6-23(37)39-25)11-20(18)38-29(40-27)48-16-30-7-3-9-44(30)13-17(33)12-30/h5-6,17,22H,3-4,7-16H2,1-2H3,(H2,37,39)/t17-,22?,30+/m1/s1. The van der Waals surface area contributed by atoms with E-state index >= 15 is 0 Å². The van der Waals surface area contributed by atoms with Crippen molar-refractivity contribution in [1.29, 1.82) is 0 Å². The van der Waals surface area contributed by atoms with E-state index in [9.17, 15) is 22.4 Å². The zero-order chi connectivity index (χ0) is 34.0. The molecule has 2 saturated heterocycles. The van der Waals surface area contributed by atoms with E-state index in [0.717, 1.165) is 31.5 Å². The summed E-state index contributed by atoms with van der Waals surface area (Å²) in [6.07, 6.45) is -4.05. The molecule has 2 N–H and O–H groups in total. The van der Waals surface area contributed by atoms with Gasteiger partial charge in [0.05, 0.1) is 46.4 Å². The number of nitrogens with two attached hydrogens (primary N) is 1. The first-order valence-electron chi connectivity index (χ1n) is 15.9. The summed E-state index contributed by atoms with van der Waals surface area (Å²) in [6.45, 7) is 2.50. The van der Waals surface area contributed by atoms with E-state index in [1.807, 2.05) is 4.90 Å². The Kier molecular flexibility index (Phi) is 8.39. The Hall–Kier alpha value is -3.76. The molecule has 4 aliphatic heterocycles. The first kappa shape index (κ1) is 32.8. The zero-order valence-corrected chi connectivity index (χ0v) is 27.3. The van der Waals surface area contributed by atoms with Gasteiger partial charge in [0.25, 0.3) is 5.91 Å². The van der Waals surface area contributed by atoms with Crippen molar-refractivity contribution in [1.82, 2.24) is 34.5 Å². The number of anilines is 2. The van der Waals surface area contributed by atoms with Crippen LogP contribution in [0.15, 0.2) is 12.1 Å². The fraction of sp³-hybridized carbons (Fsp3) is 0.581. The average molecular weight is 694 g/mol. The van der Waals surface area contributed by atoms with E-state index < -0.39 is 29.6 Å². The lowest BCUT2D eigenvalue weighted by atomic mass is 9.95. The van der Waals surface area contributed by atoms with E-state index in [1.165, 1.54) is 4.90 Å². The highest BCUT2D eigenvalue weighted by Gasteiger charge is 2.49. The second-order valence-electron chi connectivity index (χ2n) is 13.1. The number of hydrogen-bond acceptors (Lipinski definition) is 10. The molecule has 1 unspecified atom stereocenters. The van der Waals surface area contributed by atoms with Crippen molar-refractivity contribution < 1.29 is 31.8 Å². The third-order valence-corrected chi connectivity index (χ3v) is 10.1. The van der Waals surface area contributed by atoms with Crippen molar-refractivity contribution in [2.75, 3.05) is 51.0 Å². The topological polar surface area (TPSA) is 128 Å². The average Bonchev–Trinajstić information content (AvgIpc) is 3.60. The molecule has 4 aliphatic rings. The molecule has 0 radical (unpaired) electrons. The number of alkyl halides is 4. The Morgan fingerprint density at radius 1 is 1.19 bits per heavy atom. The van der Waals surface area contributed by atoms with Gasteiger partial charge in [0.1, 0.15) is 30.5 Å². The molecule has 12 nitrogen and oxygen atoms in total. The molecule has 3 aromatic rings. The number of aromatic nitrogens is 5. The molecule has 3 atom stereocenters. The molecule has 1 amide bonds. The molecule has 0 spiro atoms. The van der Waals surface area contributed by atoms with Crippen LogP contribution in [0, 0.1) is 0 Å². The van der Waals surface area contributed by atoms with Gasteiger partial charge in [-0.2, -0.15) is 28.2 Å². The van der Waals surface area contributed by atoms with Crippen LogP contribution >= 0.6 is 11.6 Å². The quantitative estimate of drug-likeness (QED) is 0.375. The number of pyridine rings is 1. The molecular formula is C31H36ClF4N9O3. The number of aryl methyl sites for hydroxylation is 1. The maximum Gasteiger partial charge on any atom is 0.418 e. The van der Waals surface area contributed by atoms with Crippen LogP contribution in [0.3, 0.4) is 0 Å². The maximum absolute atomic E-state index is 14.5. The summed E-state index contributed by atoms with van der Waals surface area (Å²) in [5, 5.41) is 4.74. The van der Waals surface area contributed by atoms with Gasteiger partial charge in [-0.15, -0.1) is 0 Å². The predicted octanol–water partition coefficient (Wildman–Crippen LogP) is 4.20. The molecule has 2 fully saturated rings. The first-order chi connectivity index (χ1) is 22.8. The molecule has 7 heterocycles. The Morgan fingerprint density at radius 3 is 2.77 bits per heavy atom. The van der Waals surface area contributed by atoms with Gasteiger partial charge >= 0.3 is 12.2 Å². The van der Waals surface area contributed by atoms with Crippen molar-refractivity contribution in [3.05, 3.63) is 51.1 Å². The normalized spacial score (nSPS) is 24.2. The van der Waals surface area contributed by atoms with Crippen LogP contribution in [0.1, 0.15) is 70.5 Å².